The van der Waals surface area contributed by atoms with Gasteiger partial charge in [-0.3, -0.25) is 4.99 Å². The van der Waals surface area contributed by atoms with Gasteiger partial charge in [-0.25, -0.2) is 0 Å². The fourth-order valence-corrected chi connectivity index (χ4v) is 3.01. The molecule has 8 nitrogen and oxygen atoms in total. The van der Waals surface area contributed by atoms with E-state index in [0.29, 0.717) is 19.8 Å². The highest BCUT2D eigenvalue weighted by Crippen LogP contribution is 2.14. The molecule has 0 fully saturated rings. The van der Waals surface area contributed by atoms with E-state index in [9.17, 15) is 0 Å². The van der Waals surface area contributed by atoms with Crippen molar-refractivity contribution in [1.82, 2.24) is 25.4 Å². The third-order valence-corrected chi connectivity index (χ3v) is 4.41. The highest BCUT2D eigenvalue weighted by Gasteiger charge is 2.14. The van der Waals surface area contributed by atoms with E-state index in [1.165, 1.54) is 19.3 Å². The molecule has 0 amide bonds. The summed E-state index contributed by atoms with van der Waals surface area (Å²) in [6, 6.07) is 3.78. The number of furan rings is 1. The Morgan fingerprint density at radius 2 is 2.22 bits per heavy atom. The van der Waals surface area contributed by atoms with Gasteiger partial charge >= 0.3 is 0 Å². The number of aryl methyl sites for hydroxylation is 1. The van der Waals surface area contributed by atoms with Crippen molar-refractivity contribution in [1.29, 1.82) is 0 Å². The van der Waals surface area contributed by atoms with Crippen LogP contribution in [0.2, 0.25) is 0 Å². The molecule has 1 aliphatic rings. The number of aliphatic imine (C=N–C) groups is 1. The first kappa shape index (κ1) is 21.7. The van der Waals surface area contributed by atoms with Crippen molar-refractivity contribution in [2.45, 2.75) is 51.8 Å². The summed E-state index contributed by atoms with van der Waals surface area (Å²) in [5, 5.41) is 15.3. The van der Waals surface area contributed by atoms with Crippen LogP contribution in [0.4, 0.5) is 0 Å². The Hall–Kier alpha value is -1.62. The standard InChI is InChI=1S/C18H28N6O2.HI/c1-19-18(20-9-6-11-25-14-15-7-5-12-26-15)21-13-17-23-22-16-8-3-2-4-10-24(16)17;/h5,7,12H,2-4,6,8-11,13-14H2,1H3,(H2,19,20,21);1H. The molecule has 9 heteroatoms. The Kier molecular flexibility index (Phi) is 9.60. The molecular weight excluding hydrogens is 459 g/mol. The molecule has 2 aromatic rings. The highest BCUT2D eigenvalue weighted by molar-refractivity contribution is 14.0. The van der Waals surface area contributed by atoms with Crippen LogP contribution in [-0.4, -0.2) is 40.9 Å². The van der Waals surface area contributed by atoms with Gasteiger partial charge in [-0.15, -0.1) is 34.2 Å². The van der Waals surface area contributed by atoms with Gasteiger partial charge in [0.1, 0.15) is 18.2 Å². The number of guanidine groups is 1. The van der Waals surface area contributed by atoms with E-state index >= 15 is 0 Å². The number of fused-ring (bicyclic) bond motifs is 1. The van der Waals surface area contributed by atoms with E-state index in [1.807, 2.05) is 12.1 Å². The second-order valence-electron chi connectivity index (χ2n) is 6.33. The van der Waals surface area contributed by atoms with Crippen LogP contribution in [0.1, 0.15) is 43.1 Å². The van der Waals surface area contributed by atoms with Gasteiger partial charge in [-0.05, 0) is 31.4 Å². The number of rotatable bonds is 8. The van der Waals surface area contributed by atoms with Gasteiger partial charge in [0.15, 0.2) is 11.8 Å². The predicted molar refractivity (Wildman–Crippen MR) is 114 cm³/mol. The molecule has 0 saturated carbocycles. The smallest absolute Gasteiger partial charge is 0.191 e. The third-order valence-electron chi connectivity index (χ3n) is 4.41. The quantitative estimate of drug-likeness (QED) is 0.257. The molecule has 1 aliphatic heterocycles. The van der Waals surface area contributed by atoms with Gasteiger partial charge in [-0.2, -0.15) is 0 Å². The Balaban J connectivity index is 0.00000261. The highest BCUT2D eigenvalue weighted by atomic mass is 127. The van der Waals surface area contributed by atoms with E-state index in [4.69, 9.17) is 9.15 Å². The third kappa shape index (κ3) is 6.80. The minimum absolute atomic E-state index is 0. The second-order valence-corrected chi connectivity index (χ2v) is 6.33. The Morgan fingerprint density at radius 1 is 1.30 bits per heavy atom. The second kappa shape index (κ2) is 12.0. The number of nitrogens with one attached hydrogen (secondary N) is 2. The predicted octanol–water partition coefficient (Wildman–Crippen LogP) is 2.49. The number of hydrogen-bond donors (Lipinski definition) is 2. The molecule has 3 rings (SSSR count). The van der Waals surface area contributed by atoms with Crippen LogP contribution in [0.5, 0.6) is 0 Å². The van der Waals surface area contributed by atoms with E-state index < -0.39 is 0 Å². The number of halogens is 1. The van der Waals surface area contributed by atoms with Crippen molar-refractivity contribution in [3.8, 4) is 0 Å². The average molecular weight is 488 g/mol. The zero-order valence-electron chi connectivity index (χ0n) is 15.8. The first-order valence-electron chi connectivity index (χ1n) is 9.32. The van der Waals surface area contributed by atoms with Crippen molar-refractivity contribution in [3.63, 3.8) is 0 Å². The van der Waals surface area contributed by atoms with Gasteiger partial charge in [0.25, 0.3) is 0 Å². The molecule has 0 saturated heterocycles. The largest absolute Gasteiger partial charge is 0.467 e. The van der Waals surface area contributed by atoms with Crippen molar-refractivity contribution in [2.75, 3.05) is 20.2 Å². The molecule has 150 valence electrons. The van der Waals surface area contributed by atoms with Crippen molar-refractivity contribution < 1.29 is 9.15 Å². The first-order valence-corrected chi connectivity index (χ1v) is 9.32. The van der Waals surface area contributed by atoms with Gasteiger partial charge < -0.3 is 24.4 Å². The lowest BCUT2D eigenvalue weighted by molar-refractivity contribution is 0.105. The summed E-state index contributed by atoms with van der Waals surface area (Å²) >= 11 is 0. The van der Waals surface area contributed by atoms with Gasteiger partial charge in [0, 0.05) is 33.2 Å². The zero-order chi connectivity index (χ0) is 18.0. The molecule has 0 unspecified atom stereocenters. The summed E-state index contributed by atoms with van der Waals surface area (Å²) < 4.78 is 13.0. The molecule has 0 bridgehead atoms. The van der Waals surface area contributed by atoms with Crippen molar-refractivity contribution in [3.05, 3.63) is 35.8 Å². The molecule has 0 aliphatic carbocycles. The van der Waals surface area contributed by atoms with Crippen LogP contribution in [-0.2, 0) is 30.9 Å². The van der Waals surface area contributed by atoms with Crippen molar-refractivity contribution >= 4 is 29.9 Å². The summed E-state index contributed by atoms with van der Waals surface area (Å²) in [6.07, 6.45) is 7.24. The summed E-state index contributed by atoms with van der Waals surface area (Å²) in [4.78, 5) is 4.26. The van der Waals surface area contributed by atoms with Crippen LogP contribution < -0.4 is 10.6 Å². The lowest BCUT2D eigenvalue weighted by Gasteiger charge is -2.12. The fourth-order valence-electron chi connectivity index (χ4n) is 3.01. The summed E-state index contributed by atoms with van der Waals surface area (Å²) in [6.45, 7) is 3.61. The van der Waals surface area contributed by atoms with E-state index in [0.717, 1.165) is 49.3 Å². The molecular formula is C18H29IN6O2. The number of hydrogen-bond acceptors (Lipinski definition) is 5. The summed E-state index contributed by atoms with van der Waals surface area (Å²) in [5.41, 5.74) is 0. The van der Waals surface area contributed by atoms with Crippen LogP contribution in [0.25, 0.3) is 0 Å². The topological polar surface area (TPSA) is 89.5 Å². The maximum absolute atomic E-state index is 5.57. The molecule has 0 spiro atoms. The average Bonchev–Trinajstić information content (AvgIpc) is 3.25. The minimum atomic E-state index is 0. The molecule has 2 aromatic heterocycles. The molecule has 0 aromatic carbocycles. The molecule has 0 radical (unpaired) electrons. The van der Waals surface area contributed by atoms with Gasteiger partial charge in [0.2, 0.25) is 0 Å². The number of aromatic nitrogens is 3. The van der Waals surface area contributed by atoms with Crippen LogP contribution in [0.3, 0.4) is 0 Å². The molecule has 2 N–H and O–H groups in total. The fraction of sp³-hybridized carbons (Fsp3) is 0.611. The summed E-state index contributed by atoms with van der Waals surface area (Å²) in [7, 11) is 1.77. The van der Waals surface area contributed by atoms with E-state index in [-0.39, 0.29) is 24.0 Å². The molecule has 27 heavy (non-hydrogen) atoms. The van der Waals surface area contributed by atoms with Crippen LogP contribution in [0.15, 0.2) is 27.8 Å². The lowest BCUT2D eigenvalue weighted by atomic mass is 10.2. The number of ether oxygens (including phenoxy) is 1. The maximum atomic E-state index is 5.57. The Morgan fingerprint density at radius 3 is 3.04 bits per heavy atom. The number of nitrogens with zero attached hydrogens (tertiary/aromatic N) is 4. The minimum Gasteiger partial charge on any atom is -0.467 e. The van der Waals surface area contributed by atoms with Crippen molar-refractivity contribution in [2.24, 2.45) is 4.99 Å². The SMILES string of the molecule is CN=C(NCCCOCc1ccco1)NCc1nnc2n1CCCCC2.I. The van der Waals surface area contributed by atoms with E-state index in [1.54, 1.807) is 13.3 Å². The lowest BCUT2D eigenvalue weighted by Crippen LogP contribution is -2.38. The monoisotopic (exact) mass is 488 g/mol. The van der Waals surface area contributed by atoms with Crippen LogP contribution >= 0.6 is 24.0 Å². The zero-order valence-corrected chi connectivity index (χ0v) is 18.1. The summed E-state index contributed by atoms with van der Waals surface area (Å²) in [5.74, 6) is 3.70. The van der Waals surface area contributed by atoms with E-state index in [2.05, 4.69) is 30.4 Å². The Bertz CT molecular complexity index is 686. The first-order chi connectivity index (χ1) is 12.9. The van der Waals surface area contributed by atoms with Crippen LogP contribution in [0, 0.1) is 0 Å². The maximum Gasteiger partial charge on any atom is 0.191 e. The van der Waals surface area contributed by atoms with Gasteiger partial charge in [-0.1, -0.05) is 6.42 Å². The molecule has 3 heterocycles. The van der Waals surface area contributed by atoms with Gasteiger partial charge in [0.05, 0.1) is 12.8 Å². The Labute approximate surface area is 177 Å². The normalized spacial score (nSPS) is 14.2. The molecule has 0 atom stereocenters.